The molecule has 0 unspecified atom stereocenters. The van der Waals surface area contributed by atoms with Crippen molar-refractivity contribution < 1.29 is 19.4 Å². The molecule has 0 saturated carbocycles. The molecule has 1 N–H and O–H groups in total. The SMILES string of the molecule is C=CCN(CC(=O)OCC)C(=O)c1cccc(C)c1O. The van der Waals surface area contributed by atoms with Gasteiger partial charge in [0, 0.05) is 6.54 Å². The zero-order valence-corrected chi connectivity index (χ0v) is 11.8. The summed E-state index contributed by atoms with van der Waals surface area (Å²) in [7, 11) is 0. The second-order valence-electron chi connectivity index (χ2n) is 4.25. The lowest BCUT2D eigenvalue weighted by molar-refractivity contribution is -0.143. The second kappa shape index (κ2) is 7.33. The van der Waals surface area contributed by atoms with E-state index in [0.717, 1.165) is 0 Å². The quantitative estimate of drug-likeness (QED) is 0.637. The number of esters is 1. The Kier molecular flexibility index (Phi) is 5.77. The molecule has 0 aliphatic carbocycles. The predicted octanol–water partition coefficient (Wildman–Crippen LogP) is 1.89. The summed E-state index contributed by atoms with van der Waals surface area (Å²) in [5.41, 5.74) is 0.765. The van der Waals surface area contributed by atoms with Gasteiger partial charge in [0.15, 0.2) is 0 Å². The summed E-state index contributed by atoms with van der Waals surface area (Å²) in [5.74, 6) is -0.996. The van der Waals surface area contributed by atoms with Gasteiger partial charge in [-0.3, -0.25) is 9.59 Å². The summed E-state index contributed by atoms with van der Waals surface area (Å²) in [6.07, 6.45) is 1.52. The van der Waals surface area contributed by atoms with Crippen LogP contribution < -0.4 is 0 Å². The third-order valence-electron chi connectivity index (χ3n) is 2.73. The molecule has 1 amide bonds. The topological polar surface area (TPSA) is 66.8 Å². The first-order valence-electron chi connectivity index (χ1n) is 6.35. The van der Waals surface area contributed by atoms with E-state index < -0.39 is 11.9 Å². The smallest absolute Gasteiger partial charge is 0.325 e. The Bertz CT molecular complexity index is 511. The van der Waals surface area contributed by atoms with Crippen LogP contribution in [-0.2, 0) is 9.53 Å². The van der Waals surface area contributed by atoms with Gasteiger partial charge in [-0.25, -0.2) is 0 Å². The van der Waals surface area contributed by atoms with Crippen LogP contribution in [0.4, 0.5) is 0 Å². The maximum atomic E-state index is 12.4. The molecule has 0 aromatic heterocycles. The van der Waals surface area contributed by atoms with Crippen LogP contribution in [0.25, 0.3) is 0 Å². The van der Waals surface area contributed by atoms with Crippen LogP contribution in [0.5, 0.6) is 5.75 Å². The van der Waals surface area contributed by atoms with Gasteiger partial charge in [0.25, 0.3) is 5.91 Å². The van der Waals surface area contributed by atoms with Gasteiger partial charge in [-0.1, -0.05) is 18.2 Å². The monoisotopic (exact) mass is 277 g/mol. The van der Waals surface area contributed by atoms with Crippen LogP contribution in [0.1, 0.15) is 22.8 Å². The number of ether oxygens (including phenoxy) is 1. The van der Waals surface area contributed by atoms with Crippen molar-refractivity contribution in [3.63, 3.8) is 0 Å². The first-order chi connectivity index (χ1) is 9.51. The molecular weight excluding hydrogens is 258 g/mol. The minimum absolute atomic E-state index is 0.0737. The fraction of sp³-hybridized carbons (Fsp3) is 0.333. The molecule has 0 aliphatic rings. The Labute approximate surface area is 118 Å². The van der Waals surface area contributed by atoms with Crippen molar-refractivity contribution in [2.24, 2.45) is 0 Å². The van der Waals surface area contributed by atoms with Gasteiger partial charge in [0.05, 0.1) is 12.2 Å². The number of nitrogens with zero attached hydrogens (tertiary/aromatic N) is 1. The molecule has 1 rings (SSSR count). The average molecular weight is 277 g/mol. The molecule has 5 heteroatoms. The van der Waals surface area contributed by atoms with Crippen molar-refractivity contribution in [1.82, 2.24) is 4.90 Å². The molecule has 0 bridgehead atoms. The van der Waals surface area contributed by atoms with Crippen LogP contribution in [0.15, 0.2) is 30.9 Å². The number of rotatable bonds is 6. The number of aromatic hydroxyl groups is 1. The molecule has 0 aliphatic heterocycles. The van der Waals surface area contributed by atoms with E-state index in [1.807, 2.05) is 0 Å². The number of phenols is 1. The maximum absolute atomic E-state index is 12.4. The third-order valence-corrected chi connectivity index (χ3v) is 2.73. The molecular formula is C15H19NO4. The van der Waals surface area contributed by atoms with Gasteiger partial charge in [0.2, 0.25) is 0 Å². The Hall–Kier alpha value is -2.30. The van der Waals surface area contributed by atoms with E-state index in [0.29, 0.717) is 5.56 Å². The minimum Gasteiger partial charge on any atom is -0.507 e. The number of amides is 1. The van der Waals surface area contributed by atoms with Gasteiger partial charge >= 0.3 is 5.97 Å². The molecule has 0 heterocycles. The Morgan fingerprint density at radius 2 is 2.15 bits per heavy atom. The Morgan fingerprint density at radius 1 is 1.45 bits per heavy atom. The molecule has 0 fully saturated rings. The van der Waals surface area contributed by atoms with E-state index in [4.69, 9.17) is 4.74 Å². The first kappa shape index (κ1) is 15.8. The van der Waals surface area contributed by atoms with Crippen molar-refractivity contribution >= 4 is 11.9 Å². The minimum atomic E-state index is -0.491. The van der Waals surface area contributed by atoms with Gasteiger partial charge < -0.3 is 14.7 Å². The molecule has 0 spiro atoms. The number of carbonyl (C=O) groups is 2. The summed E-state index contributed by atoms with van der Waals surface area (Å²) in [4.78, 5) is 25.1. The van der Waals surface area contributed by atoms with Crippen molar-refractivity contribution in [3.05, 3.63) is 42.0 Å². The highest BCUT2D eigenvalue weighted by molar-refractivity contribution is 5.98. The lowest BCUT2D eigenvalue weighted by Crippen LogP contribution is -2.36. The zero-order valence-electron chi connectivity index (χ0n) is 11.8. The summed E-state index contributed by atoms with van der Waals surface area (Å²) in [6.45, 7) is 7.24. The molecule has 1 aromatic rings. The van der Waals surface area contributed by atoms with Crippen LogP contribution in [0.3, 0.4) is 0 Å². The maximum Gasteiger partial charge on any atom is 0.325 e. The summed E-state index contributed by atoms with van der Waals surface area (Å²) < 4.78 is 4.83. The molecule has 20 heavy (non-hydrogen) atoms. The predicted molar refractivity (Wildman–Crippen MR) is 75.6 cm³/mol. The Morgan fingerprint density at radius 3 is 2.75 bits per heavy atom. The highest BCUT2D eigenvalue weighted by Crippen LogP contribution is 2.22. The van der Waals surface area contributed by atoms with E-state index in [1.54, 1.807) is 26.0 Å². The lowest BCUT2D eigenvalue weighted by atomic mass is 10.1. The van der Waals surface area contributed by atoms with Crippen molar-refractivity contribution in [2.75, 3.05) is 19.7 Å². The average Bonchev–Trinajstić information content (AvgIpc) is 2.41. The summed E-state index contributed by atoms with van der Waals surface area (Å²) in [5, 5.41) is 9.93. The highest BCUT2D eigenvalue weighted by atomic mass is 16.5. The fourth-order valence-electron chi connectivity index (χ4n) is 1.74. The van der Waals surface area contributed by atoms with Gasteiger partial charge in [-0.2, -0.15) is 0 Å². The number of hydrogen-bond acceptors (Lipinski definition) is 4. The zero-order chi connectivity index (χ0) is 15.1. The standard InChI is InChI=1S/C15H19NO4/c1-4-9-16(10-13(17)20-5-2)15(19)12-8-6-7-11(3)14(12)18/h4,6-8,18H,1,5,9-10H2,2-3H3. The molecule has 0 radical (unpaired) electrons. The normalized spacial score (nSPS) is 9.90. The second-order valence-corrected chi connectivity index (χ2v) is 4.25. The highest BCUT2D eigenvalue weighted by Gasteiger charge is 2.21. The number of benzene rings is 1. The largest absolute Gasteiger partial charge is 0.507 e. The van der Waals surface area contributed by atoms with Crippen LogP contribution >= 0.6 is 0 Å². The first-order valence-corrected chi connectivity index (χ1v) is 6.35. The number of hydrogen-bond donors (Lipinski definition) is 1. The van der Waals surface area contributed by atoms with E-state index >= 15 is 0 Å². The van der Waals surface area contributed by atoms with E-state index in [-0.39, 0.29) is 31.0 Å². The van der Waals surface area contributed by atoms with E-state index in [1.165, 1.54) is 17.0 Å². The van der Waals surface area contributed by atoms with Crippen LogP contribution in [0.2, 0.25) is 0 Å². The van der Waals surface area contributed by atoms with Gasteiger partial charge in [0.1, 0.15) is 12.3 Å². The fourth-order valence-corrected chi connectivity index (χ4v) is 1.74. The van der Waals surface area contributed by atoms with Crippen LogP contribution in [0, 0.1) is 6.92 Å². The van der Waals surface area contributed by atoms with Crippen molar-refractivity contribution in [2.45, 2.75) is 13.8 Å². The molecule has 1 aromatic carbocycles. The van der Waals surface area contributed by atoms with E-state index in [2.05, 4.69) is 6.58 Å². The molecule has 5 nitrogen and oxygen atoms in total. The van der Waals surface area contributed by atoms with E-state index in [9.17, 15) is 14.7 Å². The summed E-state index contributed by atoms with van der Waals surface area (Å²) in [6, 6.07) is 4.90. The molecule has 0 atom stereocenters. The number of carbonyl (C=O) groups excluding carboxylic acids is 2. The van der Waals surface area contributed by atoms with Gasteiger partial charge in [-0.05, 0) is 25.5 Å². The number of phenolic OH excluding ortho intramolecular Hbond substituents is 1. The molecule has 108 valence electrons. The Balaban J connectivity index is 2.96. The van der Waals surface area contributed by atoms with Crippen molar-refractivity contribution in [3.8, 4) is 5.75 Å². The summed E-state index contributed by atoms with van der Waals surface area (Å²) >= 11 is 0. The number of aryl methyl sites for hydroxylation is 1. The number of para-hydroxylation sites is 1. The van der Waals surface area contributed by atoms with Gasteiger partial charge in [-0.15, -0.1) is 6.58 Å². The van der Waals surface area contributed by atoms with Crippen molar-refractivity contribution in [1.29, 1.82) is 0 Å². The van der Waals surface area contributed by atoms with Crippen LogP contribution in [-0.4, -0.2) is 41.6 Å². The molecule has 0 saturated heterocycles. The lowest BCUT2D eigenvalue weighted by Gasteiger charge is -2.20. The third kappa shape index (κ3) is 3.85.